The first-order chi connectivity index (χ1) is 6.24. The van der Waals surface area contributed by atoms with Crippen molar-refractivity contribution >= 4 is 11.4 Å². The summed E-state index contributed by atoms with van der Waals surface area (Å²) in [5.74, 6) is 0. The SMILES string of the molecule is O=S(O)OC(CO)c1ccccc1. The maximum absolute atomic E-state index is 10.3. The predicted molar refractivity (Wildman–Crippen MR) is 48.1 cm³/mol. The van der Waals surface area contributed by atoms with Gasteiger partial charge in [0.15, 0.2) is 0 Å². The summed E-state index contributed by atoms with van der Waals surface area (Å²) in [4.78, 5) is 0. The van der Waals surface area contributed by atoms with E-state index < -0.39 is 17.5 Å². The Morgan fingerprint density at radius 2 is 2.00 bits per heavy atom. The van der Waals surface area contributed by atoms with E-state index in [1.807, 2.05) is 6.07 Å². The van der Waals surface area contributed by atoms with E-state index in [1.54, 1.807) is 24.3 Å². The summed E-state index contributed by atoms with van der Waals surface area (Å²) in [6.07, 6.45) is -0.743. The van der Waals surface area contributed by atoms with Crippen molar-refractivity contribution in [2.24, 2.45) is 0 Å². The fraction of sp³-hybridized carbons (Fsp3) is 0.250. The van der Waals surface area contributed by atoms with E-state index in [2.05, 4.69) is 4.18 Å². The molecule has 0 aliphatic heterocycles. The predicted octanol–water partition coefficient (Wildman–Crippen LogP) is 0.873. The van der Waals surface area contributed by atoms with E-state index in [1.165, 1.54) is 0 Å². The molecule has 5 heteroatoms. The minimum atomic E-state index is -2.36. The first-order valence-corrected chi connectivity index (χ1v) is 4.71. The fourth-order valence-electron chi connectivity index (χ4n) is 0.958. The topological polar surface area (TPSA) is 66.8 Å². The van der Waals surface area contributed by atoms with Crippen molar-refractivity contribution in [3.63, 3.8) is 0 Å². The van der Waals surface area contributed by atoms with E-state index in [0.29, 0.717) is 5.56 Å². The van der Waals surface area contributed by atoms with Crippen LogP contribution in [0.2, 0.25) is 0 Å². The Morgan fingerprint density at radius 1 is 1.38 bits per heavy atom. The molecule has 0 aliphatic rings. The van der Waals surface area contributed by atoms with Gasteiger partial charge in [0.1, 0.15) is 6.10 Å². The Hall–Kier alpha value is -0.750. The molecule has 72 valence electrons. The van der Waals surface area contributed by atoms with Crippen molar-refractivity contribution in [3.05, 3.63) is 35.9 Å². The fourth-order valence-corrected chi connectivity index (χ4v) is 1.33. The Labute approximate surface area is 78.7 Å². The lowest BCUT2D eigenvalue weighted by Crippen LogP contribution is -2.10. The van der Waals surface area contributed by atoms with Gasteiger partial charge < -0.3 is 5.11 Å². The summed E-state index contributed by atoms with van der Waals surface area (Å²) in [5.41, 5.74) is 0.674. The molecule has 2 atom stereocenters. The summed E-state index contributed by atoms with van der Waals surface area (Å²) < 4.78 is 23.3. The average molecular weight is 202 g/mol. The number of aliphatic hydroxyl groups excluding tert-OH is 1. The molecule has 2 unspecified atom stereocenters. The molecule has 1 rings (SSSR count). The zero-order valence-corrected chi connectivity index (χ0v) is 7.61. The zero-order valence-electron chi connectivity index (χ0n) is 6.79. The van der Waals surface area contributed by atoms with E-state index in [4.69, 9.17) is 9.66 Å². The van der Waals surface area contributed by atoms with Gasteiger partial charge in [-0.25, -0.2) is 0 Å². The van der Waals surface area contributed by atoms with Gasteiger partial charge in [-0.1, -0.05) is 30.3 Å². The molecular formula is C8H10O4S. The van der Waals surface area contributed by atoms with Crippen LogP contribution >= 0.6 is 0 Å². The third-order valence-electron chi connectivity index (χ3n) is 1.54. The highest BCUT2D eigenvalue weighted by Crippen LogP contribution is 2.16. The van der Waals surface area contributed by atoms with Crippen molar-refractivity contribution in [2.75, 3.05) is 6.61 Å². The molecule has 4 nitrogen and oxygen atoms in total. The second kappa shape index (κ2) is 5.08. The second-order valence-electron chi connectivity index (χ2n) is 2.40. The van der Waals surface area contributed by atoms with E-state index in [0.717, 1.165) is 0 Å². The van der Waals surface area contributed by atoms with Gasteiger partial charge in [-0.05, 0) is 5.56 Å². The van der Waals surface area contributed by atoms with Crippen molar-refractivity contribution in [1.29, 1.82) is 0 Å². The highest BCUT2D eigenvalue weighted by Gasteiger charge is 2.12. The van der Waals surface area contributed by atoms with Crippen LogP contribution in [0.1, 0.15) is 11.7 Å². The molecule has 0 radical (unpaired) electrons. The van der Waals surface area contributed by atoms with Crippen LogP contribution in [-0.4, -0.2) is 20.5 Å². The molecule has 1 aromatic carbocycles. The third-order valence-corrected chi connectivity index (χ3v) is 1.93. The third kappa shape index (κ3) is 3.23. The minimum absolute atomic E-state index is 0.323. The average Bonchev–Trinajstić information content (AvgIpc) is 2.15. The summed E-state index contributed by atoms with van der Waals surface area (Å²) in [6, 6.07) is 8.78. The lowest BCUT2D eigenvalue weighted by molar-refractivity contribution is 0.120. The molecule has 0 saturated carbocycles. The zero-order chi connectivity index (χ0) is 9.68. The second-order valence-corrected chi connectivity index (χ2v) is 3.02. The quantitative estimate of drug-likeness (QED) is 0.711. The van der Waals surface area contributed by atoms with Crippen molar-refractivity contribution in [1.82, 2.24) is 0 Å². The maximum atomic E-state index is 10.3. The standard InChI is InChI=1S/C8H10O4S/c9-6-8(12-13(10)11)7-4-2-1-3-5-7/h1-5,8-9H,6H2,(H,10,11). The van der Waals surface area contributed by atoms with Crippen LogP contribution in [0, 0.1) is 0 Å². The summed E-state index contributed by atoms with van der Waals surface area (Å²) in [7, 11) is 0. The molecule has 0 bridgehead atoms. The van der Waals surface area contributed by atoms with Crippen LogP contribution in [0.5, 0.6) is 0 Å². The Balaban J connectivity index is 2.73. The number of hydrogen-bond acceptors (Lipinski definition) is 3. The lowest BCUT2D eigenvalue weighted by Gasteiger charge is -2.11. The van der Waals surface area contributed by atoms with Gasteiger partial charge in [0.2, 0.25) is 0 Å². The number of rotatable bonds is 4. The van der Waals surface area contributed by atoms with Crippen LogP contribution < -0.4 is 0 Å². The van der Waals surface area contributed by atoms with Gasteiger partial charge in [0.25, 0.3) is 0 Å². The number of aliphatic hydroxyl groups is 1. The molecule has 0 saturated heterocycles. The van der Waals surface area contributed by atoms with Crippen LogP contribution in [-0.2, 0) is 15.5 Å². The van der Waals surface area contributed by atoms with E-state index in [-0.39, 0.29) is 6.61 Å². The van der Waals surface area contributed by atoms with Gasteiger partial charge in [0, 0.05) is 0 Å². The van der Waals surface area contributed by atoms with Gasteiger partial charge in [0.05, 0.1) is 6.61 Å². The van der Waals surface area contributed by atoms with Gasteiger partial charge in [-0.15, -0.1) is 0 Å². The van der Waals surface area contributed by atoms with Crippen LogP contribution in [0.15, 0.2) is 30.3 Å². The molecule has 0 aliphatic carbocycles. The maximum Gasteiger partial charge on any atom is 0.302 e. The summed E-state index contributed by atoms with van der Waals surface area (Å²) in [5, 5.41) is 8.86. The molecular weight excluding hydrogens is 192 g/mol. The first-order valence-electron chi connectivity index (χ1n) is 3.68. The number of hydrogen-bond donors (Lipinski definition) is 2. The molecule has 0 aromatic heterocycles. The van der Waals surface area contributed by atoms with Crippen molar-refractivity contribution in [3.8, 4) is 0 Å². The molecule has 0 amide bonds. The highest BCUT2D eigenvalue weighted by atomic mass is 32.2. The molecule has 1 aromatic rings. The van der Waals surface area contributed by atoms with Crippen LogP contribution in [0.4, 0.5) is 0 Å². The Kier molecular flexibility index (Phi) is 4.04. The normalized spacial score (nSPS) is 15.2. The monoisotopic (exact) mass is 202 g/mol. The molecule has 0 spiro atoms. The van der Waals surface area contributed by atoms with Gasteiger partial charge in [-0.3, -0.25) is 8.74 Å². The Bertz CT molecular complexity index is 275. The van der Waals surface area contributed by atoms with E-state index in [9.17, 15) is 4.21 Å². The van der Waals surface area contributed by atoms with Crippen molar-refractivity contribution in [2.45, 2.75) is 6.10 Å². The molecule has 13 heavy (non-hydrogen) atoms. The lowest BCUT2D eigenvalue weighted by atomic mass is 10.1. The summed E-state index contributed by atoms with van der Waals surface area (Å²) >= 11 is -2.36. The number of benzene rings is 1. The van der Waals surface area contributed by atoms with Crippen molar-refractivity contribution < 1.29 is 18.1 Å². The molecule has 2 N–H and O–H groups in total. The van der Waals surface area contributed by atoms with Gasteiger partial charge >= 0.3 is 11.4 Å². The van der Waals surface area contributed by atoms with Crippen LogP contribution in [0.3, 0.4) is 0 Å². The smallest absolute Gasteiger partial charge is 0.302 e. The largest absolute Gasteiger partial charge is 0.393 e. The van der Waals surface area contributed by atoms with E-state index >= 15 is 0 Å². The Morgan fingerprint density at radius 3 is 2.46 bits per heavy atom. The molecule has 0 fully saturated rings. The molecule has 0 heterocycles. The minimum Gasteiger partial charge on any atom is -0.393 e. The first kappa shape index (κ1) is 10.3. The van der Waals surface area contributed by atoms with Gasteiger partial charge in [-0.2, -0.15) is 4.21 Å². The summed E-state index contributed by atoms with van der Waals surface area (Å²) in [6.45, 7) is -0.323. The van der Waals surface area contributed by atoms with Crippen LogP contribution in [0.25, 0.3) is 0 Å². The highest BCUT2D eigenvalue weighted by molar-refractivity contribution is 7.74.